The van der Waals surface area contributed by atoms with Crippen molar-refractivity contribution >= 4 is 27.6 Å². The fraction of sp³-hybridized carbons (Fsp3) is 0.333. The molecule has 1 unspecified atom stereocenters. The van der Waals surface area contributed by atoms with Gasteiger partial charge in [-0.25, -0.2) is 8.42 Å². The number of sulfonamides is 1. The number of nitrogens with zero attached hydrogens (tertiary/aromatic N) is 1. The highest BCUT2D eigenvalue weighted by molar-refractivity contribution is 7.89. The Hall–Kier alpha value is -2.71. The number of carbonyl (C=O) groups excluding carboxylic acids is 2. The summed E-state index contributed by atoms with van der Waals surface area (Å²) in [4.78, 5) is 26.2. The minimum absolute atomic E-state index is 0.0260. The molecule has 1 aliphatic heterocycles. The second-order valence-electron chi connectivity index (χ2n) is 7.18. The topological polar surface area (TPSA) is 92.8 Å². The van der Waals surface area contributed by atoms with Crippen molar-refractivity contribution in [1.29, 1.82) is 0 Å². The maximum atomic E-state index is 12.5. The second-order valence-corrected chi connectivity index (χ2v) is 8.94. The summed E-state index contributed by atoms with van der Waals surface area (Å²) >= 11 is 0. The van der Waals surface area contributed by atoms with Crippen molar-refractivity contribution in [3.05, 3.63) is 59.2 Å². The highest BCUT2D eigenvalue weighted by atomic mass is 32.2. The van der Waals surface area contributed by atoms with Crippen molar-refractivity contribution in [3.63, 3.8) is 0 Å². The lowest BCUT2D eigenvalue weighted by molar-refractivity contribution is -0.146. The van der Waals surface area contributed by atoms with E-state index in [4.69, 9.17) is 4.74 Å². The molecule has 1 N–H and O–H groups in total. The summed E-state index contributed by atoms with van der Waals surface area (Å²) in [7, 11) is -3.84. The molecule has 3 rings (SSSR count). The van der Waals surface area contributed by atoms with Crippen molar-refractivity contribution in [2.75, 3.05) is 18.1 Å². The molecule has 154 valence electrons. The van der Waals surface area contributed by atoms with Crippen LogP contribution in [0.2, 0.25) is 0 Å². The molecule has 29 heavy (non-hydrogen) atoms. The maximum Gasteiger partial charge on any atom is 0.321 e. The van der Waals surface area contributed by atoms with Crippen molar-refractivity contribution in [3.8, 4) is 0 Å². The van der Waals surface area contributed by atoms with Crippen LogP contribution in [0.25, 0.3) is 0 Å². The number of amides is 1. The van der Waals surface area contributed by atoms with E-state index in [0.29, 0.717) is 0 Å². The van der Waals surface area contributed by atoms with Crippen LogP contribution in [-0.4, -0.2) is 39.5 Å². The summed E-state index contributed by atoms with van der Waals surface area (Å²) in [6, 6.07) is 12.3. The Balaban J connectivity index is 1.55. The Morgan fingerprint density at radius 3 is 2.59 bits per heavy atom. The third-order valence-corrected chi connectivity index (χ3v) is 6.43. The number of aryl methyl sites for hydroxylation is 2. The number of rotatable bonds is 6. The molecule has 1 amide bonds. The summed E-state index contributed by atoms with van der Waals surface area (Å²) in [6.07, 6.45) is 0.742. The molecule has 0 aliphatic carbocycles. The summed E-state index contributed by atoms with van der Waals surface area (Å²) in [5.41, 5.74) is 3.69. The summed E-state index contributed by atoms with van der Waals surface area (Å²) < 4.78 is 31.9. The van der Waals surface area contributed by atoms with Crippen LogP contribution in [0.1, 0.15) is 23.6 Å². The lowest BCUT2D eigenvalue weighted by Gasteiger charge is -2.22. The standard InChI is InChI=1S/C21H24N2O5S/c1-14-8-9-18(10-15(14)2)29(26,27)22-12-21(25)28-13-20(24)23-16(3)11-17-6-4-5-7-19(17)23/h4-10,16,22H,11-13H2,1-3H3. The number of hydrogen-bond donors (Lipinski definition) is 1. The molecule has 2 aromatic carbocycles. The van der Waals surface area contributed by atoms with Gasteiger partial charge in [-0.3, -0.25) is 9.59 Å². The highest BCUT2D eigenvalue weighted by Crippen LogP contribution is 2.31. The van der Waals surface area contributed by atoms with E-state index >= 15 is 0 Å². The SMILES string of the molecule is Cc1ccc(S(=O)(=O)NCC(=O)OCC(=O)N2c3ccccc3CC2C)cc1C. The zero-order chi connectivity index (χ0) is 21.2. The highest BCUT2D eigenvalue weighted by Gasteiger charge is 2.31. The van der Waals surface area contributed by atoms with Gasteiger partial charge < -0.3 is 9.64 Å². The zero-order valence-electron chi connectivity index (χ0n) is 16.6. The first kappa shape index (κ1) is 21.0. The van der Waals surface area contributed by atoms with Crippen LogP contribution in [0, 0.1) is 13.8 Å². The quantitative estimate of drug-likeness (QED) is 0.728. The molecule has 1 heterocycles. The first-order valence-corrected chi connectivity index (χ1v) is 10.8. The number of benzene rings is 2. The predicted octanol–water partition coefficient (Wildman–Crippen LogP) is 2.10. The largest absolute Gasteiger partial charge is 0.455 e. The minimum atomic E-state index is -3.84. The van der Waals surface area contributed by atoms with Gasteiger partial charge in [0.15, 0.2) is 6.61 Å². The summed E-state index contributed by atoms with van der Waals surface area (Å²) in [5.74, 6) is -1.15. The van der Waals surface area contributed by atoms with E-state index in [1.165, 1.54) is 6.07 Å². The molecule has 0 aromatic heterocycles. The van der Waals surface area contributed by atoms with Gasteiger partial charge in [0.25, 0.3) is 5.91 Å². The second kappa shape index (κ2) is 8.34. The molecule has 1 atom stereocenters. The van der Waals surface area contributed by atoms with Crippen LogP contribution in [-0.2, 0) is 30.8 Å². The summed E-state index contributed by atoms with van der Waals surface area (Å²) in [6.45, 7) is 4.63. The average Bonchev–Trinajstić information content (AvgIpc) is 3.02. The number of esters is 1. The van der Waals surface area contributed by atoms with E-state index < -0.39 is 29.1 Å². The normalized spacial score (nSPS) is 15.8. The van der Waals surface area contributed by atoms with Crippen molar-refractivity contribution in [1.82, 2.24) is 4.72 Å². The molecule has 0 spiro atoms. The molecule has 8 heteroatoms. The van der Waals surface area contributed by atoms with Gasteiger partial charge in [0.2, 0.25) is 10.0 Å². The van der Waals surface area contributed by atoms with Gasteiger partial charge in [0.05, 0.1) is 4.90 Å². The number of nitrogens with one attached hydrogen (secondary N) is 1. The molecule has 1 aliphatic rings. The van der Waals surface area contributed by atoms with E-state index in [1.807, 2.05) is 45.0 Å². The van der Waals surface area contributed by atoms with Crippen molar-refractivity contribution in [2.45, 2.75) is 38.1 Å². The number of hydrogen-bond acceptors (Lipinski definition) is 5. The van der Waals surface area contributed by atoms with E-state index in [0.717, 1.165) is 28.8 Å². The molecule has 2 aromatic rings. The number of carbonyl (C=O) groups is 2. The molecular formula is C21H24N2O5S. The lowest BCUT2D eigenvalue weighted by Crippen LogP contribution is -2.39. The van der Waals surface area contributed by atoms with Crippen molar-refractivity contribution < 1.29 is 22.7 Å². The smallest absolute Gasteiger partial charge is 0.321 e. The van der Waals surface area contributed by atoms with Gasteiger partial charge in [-0.15, -0.1) is 0 Å². The first-order valence-electron chi connectivity index (χ1n) is 9.31. The van der Waals surface area contributed by atoms with Crippen LogP contribution in [0.5, 0.6) is 0 Å². The maximum absolute atomic E-state index is 12.5. The third-order valence-electron chi connectivity index (χ3n) is 5.03. The molecule has 0 radical (unpaired) electrons. The Kier molecular flexibility index (Phi) is 6.04. The number of para-hydroxylation sites is 1. The van der Waals surface area contributed by atoms with E-state index in [9.17, 15) is 18.0 Å². The predicted molar refractivity (Wildman–Crippen MR) is 109 cm³/mol. The van der Waals surface area contributed by atoms with E-state index in [-0.39, 0.29) is 16.8 Å². The van der Waals surface area contributed by atoms with Gasteiger partial charge in [-0.05, 0) is 62.1 Å². The fourth-order valence-electron chi connectivity index (χ4n) is 3.33. The number of fused-ring (bicyclic) bond motifs is 1. The Labute approximate surface area is 170 Å². The summed E-state index contributed by atoms with van der Waals surface area (Å²) in [5, 5.41) is 0. The monoisotopic (exact) mass is 416 g/mol. The molecular weight excluding hydrogens is 392 g/mol. The van der Waals surface area contributed by atoms with Gasteiger partial charge in [-0.2, -0.15) is 4.72 Å². The van der Waals surface area contributed by atoms with Crippen LogP contribution in [0.3, 0.4) is 0 Å². The Morgan fingerprint density at radius 2 is 1.86 bits per heavy atom. The number of anilines is 1. The van der Waals surface area contributed by atoms with Gasteiger partial charge >= 0.3 is 5.97 Å². The minimum Gasteiger partial charge on any atom is -0.455 e. The Bertz CT molecular complexity index is 1050. The molecule has 0 saturated carbocycles. The van der Waals surface area contributed by atoms with Crippen LogP contribution in [0.15, 0.2) is 47.4 Å². The zero-order valence-corrected chi connectivity index (χ0v) is 17.5. The molecule has 0 saturated heterocycles. The number of ether oxygens (including phenoxy) is 1. The first-order chi connectivity index (χ1) is 13.7. The van der Waals surface area contributed by atoms with Gasteiger partial charge in [0.1, 0.15) is 6.54 Å². The van der Waals surface area contributed by atoms with E-state index in [1.54, 1.807) is 17.0 Å². The van der Waals surface area contributed by atoms with Gasteiger partial charge in [0, 0.05) is 11.7 Å². The van der Waals surface area contributed by atoms with Crippen LogP contribution < -0.4 is 9.62 Å². The molecule has 7 nitrogen and oxygen atoms in total. The van der Waals surface area contributed by atoms with Crippen LogP contribution >= 0.6 is 0 Å². The van der Waals surface area contributed by atoms with Crippen LogP contribution in [0.4, 0.5) is 5.69 Å². The Morgan fingerprint density at radius 1 is 1.14 bits per heavy atom. The van der Waals surface area contributed by atoms with Gasteiger partial charge in [-0.1, -0.05) is 24.3 Å². The third kappa shape index (κ3) is 4.65. The average molecular weight is 416 g/mol. The van der Waals surface area contributed by atoms with E-state index in [2.05, 4.69) is 4.72 Å². The van der Waals surface area contributed by atoms with Crippen molar-refractivity contribution in [2.24, 2.45) is 0 Å². The lowest BCUT2D eigenvalue weighted by atomic mass is 10.1. The fourth-order valence-corrected chi connectivity index (χ4v) is 4.38. The molecule has 0 bridgehead atoms. The molecule has 0 fully saturated rings.